The molecule has 86 valence electrons. The van der Waals surface area contributed by atoms with E-state index in [1.165, 1.54) is 0 Å². The molecule has 0 aromatic carbocycles. The molecule has 5 nitrogen and oxygen atoms in total. The summed E-state index contributed by atoms with van der Waals surface area (Å²) in [5, 5.41) is 12.8. The monoisotopic (exact) mass is 221 g/mol. The number of hydrogen-bond acceptors (Lipinski definition) is 3. The van der Waals surface area contributed by atoms with E-state index in [1.807, 2.05) is 13.2 Å². The highest BCUT2D eigenvalue weighted by Gasteiger charge is 2.28. The second-order valence-electron chi connectivity index (χ2n) is 4.07. The summed E-state index contributed by atoms with van der Waals surface area (Å²) in [6.07, 6.45) is 6.85. The number of aliphatic hydroxyl groups excluding tert-OH is 1. The van der Waals surface area contributed by atoms with Crippen LogP contribution in [0.5, 0.6) is 0 Å². The van der Waals surface area contributed by atoms with Gasteiger partial charge in [-0.1, -0.05) is 0 Å². The fraction of sp³-hybridized carbons (Fsp3) is 0.455. The molecule has 1 aromatic heterocycles. The molecule has 0 saturated carbocycles. The van der Waals surface area contributed by atoms with E-state index in [-0.39, 0.29) is 18.4 Å². The molecule has 1 aliphatic rings. The number of hydrogen-bond donors (Lipinski definition) is 1. The minimum absolute atomic E-state index is 0.00597. The molecule has 0 aliphatic carbocycles. The first kappa shape index (κ1) is 10.9. The third kappa shape index (κ3) is 2.30. The van der Waals surface area contributed by atoms with Crippen molar-refractivity contribution in [3.8, 4) is 0 Å². The predicted octanol–water partition coefficient (Wildman–Crippen LogP) is -0.116. The van der Waals surface area contributed by atoms with E-state index in [9.17, 15) is 4.79 Å². The average Bonchev–Trinajstić information content (AvgIpc) is 2.60. The SMILES string of the molecule is Cn1cc(C=CC(=O)N2CC(CO)C2)cn1. The molecule has 1 fully saturated rings. The van der Waals surface area contributed by atoms with Gasteiger partial charge in [-0.2, -0.15) is 5.10 Å². The highest BCUT2D eigenvalue weighted by molar-refractivity contribution is 5.92. The molecule has 2 rings (SSSR count). The van der Waals surface area contributed by atoms with Crippen molar-refractivity contribution in [1.82, 2.24) is 14.7 Å². The van der Waals surface area contributed by atoms with E-state index in [2.05, 4.69) is 5.10 Å². The number of carbonyl (C=O) groups is 1. The average molecular weight is 221 g/mol. The van der Waals surface area contributed by atoms with Crippen LogP contribution in [-0.2, 0) is 11.8 Å². The molecule has 16 heavy (non-hydrogen) atoms. The Kier molecular flexibility index (Phi) is 3.05. The van der Waals surface area contributed by atoms with Gasteiger partial charge in [0.05, 0.1) is 6.20 Å². The zero-order chi connectivity index (χ0) is 11.5. The van der Waals surface area contributed by atoms with Crippen LogP contribution in [0.3, 0.4) is 0 Å². The molecule has 0 unspecified atom stereocenters. The number of likely N-dealkylation sites (tertiary alicyclic amines) is 1. The van der Waals surface area contributed by atoms with Crippen molar-refractivity contribution in [3.63, 3.8) is 0 Å². The van der Waals surface area contributed by atoms with E-state index < -0.39 is 0 Å². The van der Waals surface area contributed by atoms with Crippen molar-refractivity contribution in [2.75, 3.05) is 19.7 Å². The van der Waals surface area contributed by atoms with E-state index in [4.69, 9.17) is 5.11 Å². The first-order chi connectivity index (χ1) is 7.69. The minimum Gasteiger partial charge on any atom is -0.396 e. The smallest absolute Gasteiger partial charge is 0.246 e. The maximum absolute atomic E-state index is 11.6. The van der Waals surface area contributed by atoms with Crippen LogP contribution in [0.2, 0.25) is 0 Å². The fourth-order valence-electron chi connectivity index (χ4n) is 1.66. The molecule has 0 atom stereocenters. The molecule has 1 saturated heterocycles. The summed E-state index contributed by atoms with van der Waals surface area (Å²) >= 11 is 0. The lowest BCUT2D eigenvalue weighted by atomic mass is 10.0. The summed E-state index contributed by atoms with van der Waals surface area (Å²) in [6, 6.07) is 0. The molecule has 1 amide bonds. The number of rotatable bonds is 3. The molecular formula is C11H15N3O2. The summed E-state index contributed by atoms with van der Waals surface area (Å²) in [6.45, 7) is 1.48. The summed E-state index contributed by atoms with van der Waals surface area (Å²) in [4.78, 5) is 13.3. The quantitative estimate of drug-likeness (QED) is 0.724. The zero-order valence-electron chi connectivity index (χ0n) is 9.21. The van der Waals surface area contributed by atoms with Crippen LogP contribution >= 0.6 is 0 Å². The van der Waals surface area contributed by atoms with Crippen molar-refractivity contribution < 1.29 is 9.90 Å². The van der Waals surface area contributed by atoms with E-state index >= 15 is 0 Å². The Morgan fingerprint density at radius 1 is 1.69 bits per heavy atom. The van der Waals surface area contributed by atoms with Crippen LogP contribution < -0.4 is 0 Å². The third-order valence-electron chi connectivity index (χ3n) is 2.67. The van der Waals surface area contributed by atoms with Crippen LogP contribution in [0.15, 0.2) is 18.5 Å². The van der Waals surface area contributed by atoms with E-state index in [0.29, 0.717) is 13.1 Å². The van der Waals surface area contributed by atoms with Gasteiger partial charge in [-0.15, -0.1) is 0 Å². The number of aromatic nitrogens is 2. The second-order valence-corrected chi connectivity index (χ2v) is 4.07. The van der Waals surface area contributed by atoms with Crippen LogP contribution in [0.4, 0.5) is 0 Å². The normalized spacial score (nSPS) is 16.8. The Hall–Kier alpha value is -1.62. The van der Waals surface area contributed by atoms with Crippen molar-refractivity contribution in [2.45, 2.75) is 0 Å². The lowest BCUT2D eigenvalue weighted by Gasteiger charge is -2.37. The van der Waals surface area contributed by atoms with Gasteiger partial charge in [-0.05, 0) is 6.08 Å². The van der Waals surface area contributed by atoms with Crippen LogP contribution in [0.1, 0.15) is 5.56 Å². The first-order valence-electron chi connectivity index (χ1n) is 5.25. The van der Waals surface area contributed by atoms with E-state index in [1.54, 1.807) is 27.9 Å². The van der Waals surface area contributed by atoms with Gasteiger partial charge in [0.15, 0.2) is 0 Å². The predicted molar refractivity (Wildman–Crippen MR) is 59.4 cm³/mol. The lowest BCUT2D eigenvalue weighted by Crippen LogP contribution is -2.50. The topological polar surface area (TPSA) is 58.4 Å². The molecule has 2 heterocycles. The van der Waals surface area contributed by atoms with Crippen LogP contribution in [0.25, 0.3) is 6.08 Å². The minimum atomic E-state index is -0.00597. The summed E-state index contributed by atoms with van der Waals surface area (Å²) in [5.41, 5.74) is 0.912. The van der Waals surface area contributed by atoms with Crippen molar-refractivity contribution in [3.05, 3.63) is 24.0 Å². The summed E-state index contributed by atoms with van der Waals surface area (Å²) in [5.74, 6) is 0.254. The Morgan fingerprint density at radius 2 is 2.44 bits per heavy atom. The second kappa shape index (κ2) is 4.49. The van der Waals surface area contributed by atoms with Gasteiger partial charge in [0.25, 0.3) is 0 Å². The maximum atomic E-state index is 11.6. The molecule has 0 radical (unpaired) electrons. The van der Waals surface area contributed by atoms with Crippen LogP contribution in [-0.4, -0.2) is 45.4 Å². The van der Waals surface area contributed by atoms with Crippen LogP contribution in [0, 0.1) is 5.92 Å². The van der Waals surface area contributed by atoms with Gasteiger partial charge in [0.1, 0.15) is 0 Å². The Morgan fingerprint density at radius 3 is 3.00 bits per heavy atom. The highest BCUT2D eigenvalue weighted by Crippen LogP contribution is 2.15. The largest absolute Gasteiger partial charge is 0.396 e. The van der Waals surface area contributed by atoms with Crippen molar-refractivity contribution >= 4 is 12.0 Å². The Labute approximate surface area is 94.0 Å². The standard InChI is InChI=1S/C11H15N3O2/c1-13-5-9(4-12-13)2-3-11(16)14-6-10(7-14)8-15/h2-5,10,15H,6-8H2,1H3. The molecule has 1 N–H and O–H groups in total. The number of aliphatic hydroxyl groups is 1. The molecular weight excluding hydrogens is 206 g/mol. The number of carbonyl (C=O) groups excluding carboxylic acids is 1. The maximum Gasteiger partial charge on any atom is 0.246 e. The highest BCUT2D eigenvalue weighted by atomic mass is 16.3. The molecule has 5 heteroatoms. The van der Waals surface area contributed by atoms with Gasteiger partial charge in [-0.3, -0.25) is 9.48 Å². The van der Waals surface area contributed by atoms with Gasteiger partial charge in [-0.25, -0.2) is 0 Å². The van der Waals surface area contributed by atoms with Gasteiger partial charge in [0.2, 0.25) is 5.91 Å². The zero-order valence-corrected chi connectivity index (χ0v) is 9.21. The van der Waals surface area contributed by atoms with Gasteiger partial charge >= 0.3 is 0 Å². The molecule has 0 bridgehead atoms. The van der Waals surface area contributed by atoms with Crippen molar-refractivity contribution in [1.29, 1.82) is 0 Å². The number of nitrogens with zero attached hydrogens (tertiary/aromatic N) is 3. The fourth-order valence-corrected chi connectivity index (χ4v) is 1.66. The summed E-state index contributed by atoms with van der Waals surface area (Å²) < 4.78 is 1.69. The molecule has 0 spiro atoms. The Balaban J connectivity index is 1.86. The summed E-state index contributed by atoms with van der Waals surface area (Å²) in [7, 11) is 1.83. The molecule has 1 aromatic rings. The van der Waals surface area contributed by atoms with Gasteiger partial charge in [0, 0.05) is 50.5 Å². The number of amides is 1. The van der Waals surface area contributed by atoms with E-state index in [0.717, 1.165) is 5.56 Å². The van der Waals surface area contributed by atoms with Gasteiger partial charge < -0.3 is 10.0 Å². The van der Waals surface area contributed by atoms with Crippen molar-refractivity contribution in [2.24, 2.45) is 13.0 Å². The Bertz CT molecular complexity index is 405. The third-order valence-corrected chi connectivity index (χ3v) is 2.67. The molecule has 1 aliphatic heterocycles. The first-order valence-corrected chi connectivity index (χ1v) is 5.25. The lowest BCUT2D eigenvalue weighted by molar-refractivity contribution is -0.132. The number of aryl methyl sites for hydroxylation is 1.